The molecule has 0 aliphatic carbocycles. The lowest BCUT2D eigenvalue weighted by molar-refractivity contribution is 0.0951. The first-order valence-electron chi connectivity index (χ1n) is 12.0. The van der Waals surface area contributed by atoms with Crippen LogP contribution in [-0.4, -0.2) is 38.6 Å². The minimum atomic E-state index is -3.49. The summed E-state index contributed by atoms with van der Waals surface area (Å²) in [6, 6.07) is 22.8. The predicted molar refractivity (Wildman–Crippen MR) is 141 cm³/mol. The zero-order valence-corrected chi connectivity index (χ0v) is 21.2. The summed E-state index contributed by atoms with van der Waals surface area (Å²) in [4.78, 5) is 15.2. The maximum absolute atomic E-state index is 12.7. The third-order valence-electron chi connectivity index (χ3n) is 6.31. The summed E-state index contributed by atoms with van der Waals surface area (Å²) in [6.45, 7) is 5.92. The molecule has 1 aliphatic heterocycles. The smallest absolute Gasteiger partial charge is 0.251 e. The number of hydrogen-bond acceptors (Lipinski definition) is 4. The molecule has 0 atom stereocenters. The van der Waals surface area contributed by atoms with E-state index in [1.807, 2.05) is 43.3 Å². The van der Waals surface area contributed by atoms with Crippen molar-refractivity contribution in [2.75, 3.05) is 23.7 Å². The van der Waals surface area contributed by atoms with Gasteiger partial charge >= 0.3 is 0 Å². The number of rotatable bonds is 9. The standard InChI is InChI=1S/C28H33N3O3S/c1-22-8-10-23(11-9-22)21-31(35(2,33)34)27-14-12-26(13-15-27)28(32)29-19-24-6-5-7-25(18-24)20-30-16-3-4-17-30/h5-15,18H,3-4,16-17,19-21H2,1-2H3,(H,29,32). The number of aryl methyl sites for hydroxylation is 1. The van der Waals surface area contributed by atoms with Crippen LogP contribution in [0.1, 0.15) is 45.5 Å². The molecule has 1 amide bonds. The number of nitrogens with one attached hydrogen (secondary N) is 1. The molecule has 1 N–H and O–H groups in total. The van der Waals surface area contributed by atoms with E-state index in [1.54, 1.807) is 24.3 Å². The number of carbonyl (C=O) groups excluding carboxylic acids is 1. The minimum absolute atomic E-state index is 0.189. The van der Waals surface area contributed by atoms with Crippen LogP contribution in [0.2, 0.25) is 0 Å². The zero-order valence-electron chi connectivity index (χ0n) is 20.4. The fourth-order valence-electron chi connectivity index (χ4n) is 4.36. The van der Waals surface area contributed by atoms with Gasteiger partial charge in [-0.15, -0.1) is 0 Å². The van der Waals surface area contributed by atoms with E-state index in [2.05, 4.69) is 22.3 Å². The van der Waals surface area contributed by atoms with Gasteiger partial charge in [-0.3, -0.25) is 14.0 Å². The molecule has 0 saturated carbocycles. The Kier molecular flexibility index (Phi) is 7.88. The summed E-state index contributed by atoms with van der Waals surface area (Å²) in [5.74, 6) is -0.189. The number of sulfonamides is 1. The summed E-state index contributed by atoms with van der Waals surface area (Å²) in [7, 11) is -3.49. The van der Waals surface area contributed by atoms with Gasteiger partial charge in [0.25, 0.3) is 5.91 Å². The van der Waals surface area contributed by atoms with Crippen molar-refractivity contribution in [1.82, 2.24) is 10.2 Å². The third kappa shape index (κ3) is 6.93. The molecule has 0 radical (unpaired) electrons. The Morgan fingerprint density at radius 1 is 0.914 bits per heavy atom. The molecule has 4 rings (SSSR count). The third-order valence-corrected chi connectivity index (χ3v) is 7.45. The monoisotopic (exact) mass is 491 g/mol. The molecule has 0 bridgehead atoms. The molecule has 3 aromatic carbocycles. The second kappa shape index (κ2) is 11.1. The molecule has 35 heavy (non-hydrogen) atoms. The molecule has 1 fully saturated rings. The Balaban J connectivity index is 1.39. The Morgan fingerprint density at radius 2 is 1.57 bits per heavy atom. The van der Waals surface area contributed by atoms with E-state index < -0.39 is 10.0 Å². The second-order valence-electron chi connectivity index (χ2n) is 9.29. The highest BCUT2D eigenvalue weighted by molar-refractivity contribution is 7.92. The van der Waals surface area contributed by atoms with Crippen LogP contribution in [0.25, 0.3) is 0 Å². The normalized spacial score (nSPS) is 14.1. The Hall–Kier alpha value is -3.16. The highest BCUT2D eigenvalue weighted by atomic mass is 32.2. The van der Waals surface area contributed by atoms with Crippen LogP contribution in [-0.2, 0) is 29.7 Å². The van der Waals surface area contributed by atoms with E-state index in [0.29, 0.717) is 17.8 Å². The van der Waals surface area contributed by atoms with Gasteiger partial charge in [-0.25, -0.2) is 8.42 Å². The molecule has 1 saturated heterocycles. The van der Waals surface area contributed by atoms with Gasteiger partial charge in [-0.1, -0.05) is 54.1 Å². The van der Waals surface area contributed by atoms with E-state index in [0.717, 1.165) is 36.3 Å². The number of carbonyl (C=O) groups is 1. The van der Waals surface area contributed by atoms with Gasteiger partial charge in [0.1, 0.15) is 0 Å². The van der Waals surface area contributed by atoms with Crippen LogP contribution in [0.4, 0.5) is 5.69 Å². The molecule has 184 valence electrons. The number of anilines is 1. The van der Waals surface area contributed by atoms with Gasteiger partial charge in [-0.05, 0) is 73.8 Å². The first-order chi connectivity index (χ1) is 16.8. The first kappa shape index (κ1) is 24.9. The molecule has 1 heterocycles. The molecule has 0 unspecified atom stereocenters. The molecule has 0 aromatic heterocycles. The van der Waals surface area contributed by atoms with E-state index in [-0.39, 0.29) is 12.5 Å². The van der Waals surface area contributed by atoms with E-state index >= 15 is 0 Å². The molecule has 7 heteroatoms. The van der Waals surface area contributed by atoms with Crippen molar-refractivity contribution in [1.29, 1.82) is 0 Å². The van der Waals surface area contributed by atoms with Gasteiger partial charge in [0.05, 0.1) is 18.5 Å². The molecule has 6 nitrogen and oxygen atoms in total. The summed E-state index contributed by atoms with van der Waals surface area (Å²) < 4.78 is 26.3. The fourth-order valence-corrected chi connectivity index (χ4v) is 5.25. The van der Waals surface area contributed by atoms with Crippen LogP contribution in [0.15, 0.2) is 72.8 Å². The predicted octanol–water partition coefficient (Wildman–Crippen LogP) is 4.49. The largest absolute Gasteiger partial charge is 0.348 e. The van der Waals surface area contributed by atoms with Gasteiger partial charge in [0, 0.05) is 18.7 Å². The van der Waals surface area contributed by atoms with Crippen LogP contribution in [0.5, 0.6) is 0 Å². The topological polar surface area (TPSA) is 69.7 Å². The lowest BCUT2D eigenvalue weighted by atomic mass is 10.1. The number of nitrogens with zero attached hydrogens (tertiary/aromatic N) is 2. The summed E-state index contributed by atoms with van der Waals surface area (Å²) in [5.41, 5.74) is 5.36. The maximum Gasteiger partial charge on any atom is 0.251 e. The van der Waals surface area contributed by atoms with E-state index in [4.69, 9.17) is 0 Å². The summed E-state index contributed by atoms with van der Waals surface area (Å²) in [5, 5.41) is 2.98. The van der Waals surface area contributed by atoms with Crippen LogP contribution in [0, 0.1) is 6.92 Å². The van der Waals surface area contributed by atoms with Gasteiger partial charge in [-0.2, -0.15) is 0 Å². The number of hydrogen-bond donors (Lipinski definition) is 1. The number of amides is 1. The van der Waals surface area contributed by atoms with Gasteiger partial charge in [0.2, 0.25) is 10.0 Å². The maximum atomic E-state index is 12.7. The minimum Gasteiger partial charge on any atom is -0.348 e. The summed E-state index contributed by atoms with van der Waals surface area (Å²) in [6.07, 6.45) is 3.73. The Morgan fingerprint density at radius 3 is 2.23 bits per heavy atom. The van der Waals surface area contributed by atoms with E-state index in [1.165, 1.54) is 29.0 Å². The van der Waals surface area contributed by atoms with Crippen LogP contribution >= 0.6 is 0 Å². The lowest BCUT2D eigenvalue weighted by Crippen LogP contribution is -2.29. The van der Waals surface area contributed by atoms with Crippen molar-refractivity contribution < 1.29 is 13.2 Å². The van der Waals surface area contributed by atoms with Gasteiger partial charge < -0.3 is 5.32 Å². The first-order valence-corrected chi connectivity index (χ1v) is 13.8. The Labute approximate surface area is 208 Å². The average molecular weight is 492 g/mol. The van der Waals surface area contributed by atoms with Crippen molar-refractivity contribution in [3.63, 3.8) is 0 Å². The Bertz CT molecular complexity index is 1250. The zero-order chi connectivity index (χ0) is 24.8. The van der Waals surface area contributed by atoms with Gasteiger partial charge in [0.15, 0.2) is 0 Å². The fraction of sp³-hybridized carbons (Fsp3) is 0.321. The van der Waals surface area contributed by atoms with Crippen molar-refractivity contribution in [3.05, 3.63) is 101 Å². The van der Waals surface area contributed by atoms with Crippen molar-refractivity contribution in [2.24, 2.45) is 0 Å². The average Bonchev–Trinajstić information content (AvgIpc) is 3.35. The van der Waals surface area contributed by atoms with Crippen LogP contribution in [0.3, 0.4) is 0 Å². The highest BCUT2D eigenvalue weighted by Crippen LogP contribution is 2.22. The SMILES string of the molecule is Cc1ccc(CN(c2ccc(C(=O)NCc3cccc(CN4CCCC4)c3)cc2)S(C)(=O)=O)cc1. The molecule has 1 aliphatic rings. The second-order valence-corrected chi connectivity index (χ2v) is 11.2. The van der Waals surface area contributed by atoms with Crippen LogP contribution < -0.4 is 9.62 Å². The van der Waals surface area contributed by atoms with E-state index in [9.17, 15) is 13.2 Å². The molecule has 0 spiro atoms. The highest BCUT2D eigenvalue weighted by Gasteiger charge is 2.18. The number of likely N-dealkylation sites (tertiary alicyclic amines) is 1. The number of benzene rings is 3. The molecular formula is C28H33N3O3S. The summed E-state index contributed by atoms with van der Waals surface area (Å²) >= 11 is 0. The van der Waals surface area contributed by atoms with Crippen molar-refractivity contribution >= 4 is 21.6 Å². The quantitative estimate of drug-likeness (QED) is 0.479. The molecular weight excluding hydrogens is 458 g/mol. The van der Waals surface area contributed by atoms with Crippen molar-refractivity contribution in [3.8, 4) is 0 Å². The van der Waals surface area contributed by atoms with Crippen molar-refractivity contribution in [2.45, 2.75) is 39.4 Å². The lowest BCUT2D eigenvalue weighted by Gasteiger charge is -2.23. The molecule has 3 aromatic rings.